The van der Waals surface area contributed by atoms with E-state index in [2.05, 4.69) is 46.7 Å². The van der Waals surface area contributed by atoms with Crippen LogP contribution >= 0.6 is 11.8 Å². The molecule has 6 nitrogen and oxygen atoms in total. The SMILES string of the molecule is Cc1ccc(SCCC(=O)Nc2nnc(C3CCCO3)o2)cc1. The highest BCUT2D eigenvalue weighted by Gasteiger charge is 2.23. The molecule has 122 valence electrons. The first kappa shape index (κ1) is 16.0. The molecule has 1 aliphatic rings. The lowest BCUT2D eigenvalue weighted by Gasteiger charge is -2.03. The van der Waals surface area contributed by atoms with Crippen molar-refractivity contribution < 1.29 is 13.9 Å². The van der Waals surface area contributed by atoms with Crippen molar-refractivity contribution >= 4 is 23.7 Å². The highest BCUT2D eigenvalue weighted by Crippen LogP contribution is 2.28. The smallest absolute Gasteiger partial charge is 0.322 e. The largest absolute Gasteiger partial charge is 0.405 e. The quantitative estimate of drug-likeness (QED) is 0.817. The first-order chi connectivity index (χ1) is 11.2. The number of amides is 1. The summed E-state index contributed by atoms with van der Waals surface area (Å²) in [7, 11) is 0. The molecule has 2 heterocycles. The van der Waals surface area contributed by atoms with E-state index in [1.165, 1.54) is 5.56 Å². The predicted molar refractivity (Wildman–Crippen MR) is 87.4 cm³/mol. The molecule has 1 saturated heterocycles. The molecular formula is C16H19N3O3S. The van der Waals surface area contributed by atoms with Crippen molar-refractivity contribution in [2.45, 2.75) is 37.2 Å². The number of benzene rings is 1. The van der Waals surface area contributed by atoms with Gasteiger partial charge in [-0.15, -0.1) is 16.9 Å². The van der Waals surface area contributed by atoms with E-state index in [0.29, 0.717) is 24.7 Å². The maximum absolute atomic E-state index is 11.9. The molecule has 3 rings (SSSR count). The van der Waals surface area contributed by atoms with E-state index < -0.39 is 0 Å². The lowest BCUT2D eigenvalue weighted by atomic mass is 10.2. The Morgan fingerprint density at radius 1 is 1.35 bits per heavy atom. The van der Waals surface area contributed by atoms with E-state index in [1.807, 2.05) is 0 Å². The highest BCUT2D eigenvalue weighted by atomic mass is 32.2. The molecule has 1 amide bonds. The van der Waals surface area contributed by atoms with Gasteiger partial charge in [-0.3, -0.25) is 10.1 Å². The van der Waals surface area contributed by atoms with E-state index in [-0.39, 0.29) is 18.0 Å². The number of nitrogens with zero attached hydrogens (tertiary/aromatic N) is 2. The Morgan fingerprint density at radius 2 is 2.17 bits per heavy atom. The van der Waals surface area contributed by atoms with Crippen LogP contribution in [0.25, 0.3) is 0 Å². The molecule has 1 unspecified atom stereocenters. The van der Waals surface area contributed by atoms with Gasteiger partial charge in [0.2, 0.25) is 11.8 Å². The predicted octanol–water partition coefficient (Wildman–Crippen LogP) is 3.35. The minimum atomic E-state index is -0.134. The Morgan fingerprint density at radius 3 is 2.91 bits per heavy atom. The molecule has 1 aromatic carbocycles. The van der Waals surface area contributed by atoms with Gasteiger partial charge < -0.3 is 9.15 Å². The van der Waals surface area contributed by atoms with E-state index in [0.717, 1.165) is 17.7 Å². The number of hydrogen-bond acceptors (Lipinski definition) is 6. The van der Waals surface area contributed by atoms with Crippen LogP contribution in [0.2, 0.25) is 0 Å². The van der Waals surface area contributed by atoms with Gasteiger partial charge in [0.25, 0.3) is 0 Å². The molecule has 23 heavy (non-hydrogen) atoms. The molecule has 0 spiro atoms. The van der Waals surface area contributed by atoms with Crippen LogP contribution in [0.5, 0.6) is 0 Å². The van der Waals surface area contributed by atoms with E-state index in [9.17, 15) is 4.79 Å². The second kappa shape index (κ2) is 7.61. The topological polar surface area (TPSA) is 77.2 Å². The van der Waals surface area contributed by atoms with Crippen LogP contribution in [0, 0.1) is 6.92 Å². The lowest BCUT2D eigenvalue weighted by molar-refractivity contribution is -0.115. The van der Waals surface area contributed by atoms with Gasteiger partial charge >= 0.3 is 6.01 Å². The van der Waals surface area contributed by atoms with Gasteiger partial charge in [-0.2, -0.15) is 0 Å². The number of rotatable bonds is 6. The summed E-state index contributed by atoms with van der Waals surface area (Å²) < 4.78 is 10.9. The van der Waals surface area contributed by atoms with Crippen LogP contribution in [0.3, 0.4) is 0 Å². The second-order valence-corrected chi connectivity index (χ2v) is 6.58. The van der Waals surface area contributed by atoms with Gasteiger partial charge in [-0.05, 0) is 31.9 Å². The molecule has 1 fully saturated rings. The number of nitrogens with one attached hydrogen (secondary N) is 1. The fraction of sp³-hybridized carbons (Fsp3) is 0.438. The first-order valence-electron chi connectivity index (χ1n) is 7.65. The standard InChI is InChI=1S/C16H19N3O3S/c1-11-4-6-12(7-5-11)23-10-8-14(20)17-16-19-18-15(22-16)13-3-2-9-21-13/h4-7,13H,2-3,8-10H2,1H3,(H,17,19,20). The summed E-state index contributed by atoms with van der Waals surface area (Å²) in [5.74, 6) is 1.00. The monoisotopic (exact) mass is 333 g/mol. The number of carbonyl (C=O) groups excluding carboxylic acids is 1. The minimum Gasteiger partial charge on any atom is -0.405 e. The Bertz CT molecular complexity index is 651. The average molecular weight is 333 g/mol. The van der Waals surface area contributed by atoms with Crippen LogP contribution in [-0.2, 0) is 9.53 Å². The van der Waals surface area contributed by atoms with Crippen LogP contribution in [0.1, 0.15) is 36.8 Å². The van der Waals surface area contributed by atoms with Crippen molar-refractivity contribution in [1.82, 2.24) is 10.2 Å². The van der Waals surface area contributed by atoms with Crippen molar-refractivity contribution in [2.75, 3.05) is 17.7 Å². The number of aryl methyl sites for hydroxylation is 1. The second-order valence-electron chi connectivity index (χ2n) is 5.41. The van der Waals surface area contributed by atoms with Crippen molar-refractivity contribution in [2.24, 2.45) is 0 Å². The zero-order chi connectivity index (χ0) is 16.1. The van der Waals surface area contributed by atoms with Crippen molar-refractivity contribution in [1.29, 1.82) is 0 Å². The van der Waals surface area contributed by atoms with Crippen molar-refractivity contribution in [3.05, 3.63) is 35.7 Å². The van der Waals surface area contributed by atoms with Crippen molar-refractivity contribution in [3.8, 4) is 0 Å². The third-order valence-electron chi connectivity index (χ3n) is 3.51. The van der Waals surface area contributed by atoms with Gasteiger partial charge in [0.05, 0.1) is 0 Å². The lowest BCUT2D eigenvalue weighted by Crippen LogP contribution is -2.12. The summed E-state index contributed by atoms with van der Waals surface area (Å²) in [6.07, 6.45) is 2.12. The Kier molecular flexibility index (Phi) is 5.30. The molecule has 1 aromatic heterocycles. The number of thioether (sulfide) groups is 1. The maximum atomic E-state index is 11.9. The van der Waals surface area contributed by atoms with Crippen LogP contribution in [0.15, 0.2) is 33.6 Å². The number of aromatic nitrogens is 2. The normalized spacial score (nSPS) is 17.3. The summed E-state index contributed by atoms with van der Waals surface area (Å²) in [4.78, 5) is 13.1. The average Bonchev–Trinajstić information content (AvgIpc) is 3.20. The maximum Gasteiger partial charge on any atom is 0.322 e. The van der Waals surface area contributed by atoms with Gasteiger partial charge in [-0.1, -0.05) is 22.8 Å². The molecule has 0 saturated carbocycles. The summed E-state index contributed by atoms with van der Waals surface area (Å²) in [5, 5.41) is 10.4. The van der Waals surface area contributed by atoms with E-state index in [1.54, 1.807) is 11.8 Å². The Balaban J connectivity index is 1.43. The summed E-state index contributed by atoms with van der Waals surface area (Å²) in [5.41, 5.74) is 1.23. The molecule has 0 bridgehead atoms. The minimum absolute atomic E-state index is 0.132. The molecule has 1 atom stereocenters. The molecular weight excluding hydrogens is 314 g/mol. The first-order valence-corrected chi connectivity index (χ1v) is 8.63. The highest BCUT2D eigenvalue weighted by molar-refractivity contribution is 7.99. The van der Waals surface area contributed by atoms with Crippen molar-refractivity contribution in [3.63, 3.8) is 0 Å². The summed E-state index contributed by atoms with van der Waals surface area (Å²) in [6, 6.07) is 8.38. The Hall–Kier alpha value is -1.86. The summed E-state index contributed by atoms with van der Waals surface area (Å²) in [6.45, 7) is 2.77. The third-order valence-corrected chi connectivity index (χ3v) is 4.52. The fourth-order valence-corrected chi connectivity index (χ4v) is 3.12. The molecule has 0 radical (unpaired) electrons. The van der Waals surface area contributed by atoms with Gasteiger partial charge in [0.1, 0.15) is 6.10 Å². The zero-order valence-electron chi connectivity index (χ0n) is 12.9. The van der Waals surface area contributed by atoms with E-state index in [4.69, 9.17) is 9.15 Å². The van der Waals surface area contributed by atoms with E-state index >= 15 is 0 Å². The van der Waals surface area contributed by atoms with Crippen LogP contribution in [0.4, 0.5) is 6.01 Å². The van der Waals surface area contributed by atoms with Gasteiger partial charge in [-0.25, -0.2) is 0 Å². The van der Waals surface area contributed by atoms with Crippen LogP contribution in [-0.4, -0.2) is 28.5 Å². The summed E-state index contributed by atoms with van der Waals surface area (Å²) >= 11 is 1.65. The Labute approximate surface area is 139 Å². The molecule has 1 N–H and O–H groups in total. The number of carbonyl (C=O) groups is 1. The van der Waals surface area contributed by atoms with Gasteiger partial charge in [0.15, 0.2) is 0 Å². The third kappa shape index (κ3) is 4.56. The molecule has 2 aromatic rings. The zero-order valence-corrected chi connectivity index (χ0v) is 13.8. The molecule has 1 aliphatic heterocycles. The number of anilines is 1. The number of ether oxygens (including phenoxy) is 1. The molecule has 7 heteroatoms. The molecule has 0 aliphatic carbocycles. The number of hydrogen-bond donors (Lipinski definition) is 1. The van der Waals surface area contributed by atoms with Crippen LogP contribution < -0.4 is 5.32 Å². The van der Waals surface area contributed by atoms with Gasteiger partial charge in [0, 0.05) is 23.7 Å². The fourth-order valence-electron chi connectivity index (χ4n) is 2.27.